The second-order valence-electron chi connectivity index (χ2n) is 2.61. The highest BCUT2D eigenvalue weighted by Gasteiger charge is 1.96. The van der Waals surface area contributed by atoms with Crippen LogP contribution in [0.2, 0.25) is 0 Å². The summed E-state index contributed by atoms with van der Waals surface area (Å²) in [6, 6.07) is 3.87. The Bertz CT molecular complexity index is 264. The van der Waals surface area contributed by atoms with E-state index in [1.54, 1.807) is 12.4 Å². The Hall–Kier alpha value is -1.03. The Labute approximate surface area is 83.0 Å². The maximum absolute atomic E-state index is 10.8. The van der Waals surface area contributed by atoms with E-state index >= 15 is 0 Å². The highest BCUT2D eigenvalue weighted by atomic mass is 32.1. The standard InChI is InChI=1S/C9H12N2OS/c12-9(7-13)11-6-3-8-1-4-10-5-2-8/h1-2,4-5,13H,3,6-7H2,(H,11,12). The van der Waals surface area contributed by atoms with Gasteiger partial charge in [-0.2, -0.15) is 12.6 Å². The summed E-state index contributed by atoms with van der Waals surface area (Å²) in [5.74, 6) is 0.216. The summed E-state index contributed by atoms with van der Waals surface area (Å²) in [7, 11) is 0. The van der Waals surface area contributed by atoms with E-state index in [2.05, 4.69) is 22.9 Å². The van der Waals surface area contributed by atoms with Crippen molar-refractivity contribution in [2.45, 2.75) is 6.42 Å². The first-order valence-electron chi connectivity index (χ1n) is 4.09. The number of pyridine rings is 1. The zero-order chi connectivity index (χ0) is 9.52. The van der Waals surface area contributed by atoms with Crippen LogP contribution in [0, 0.1) is 0 Å². The molecule has 70 valence electrons. The number of hydrogen-bond acceptors (Lipinski definition) is 3. The summed E-state index contributed by atoms with van der Waals surface area (Å²) in [5.41, 5.74) is 1.18. The van der Waals surface area contributed by atoms with Crippen LogP contribution < -0.4 is 5.32 Å². The molecule has 0 atom stereocenters. The summed E-state index contributed by atoms with van der Waals surface area (Å²) < 4.78 is 0. The molecule has 1 heterocycles. The molecule has 1 aromatic heterocycles. The first-order valence-corrected chi connectivity index (χ1v) is 4.72. The molecule has 13 heavy (non-hydrogen) atoms. The average molecular weight is 196 g/mol. The maximum atomic E-state index is 10.8. The Kier molecular flexibility index (Phi) is 4.32. The minimum atomic E-state index is -0.0302. The second kappa shape index (κ2) is 5.59. The van der Waals surface area contributed by atoms with Crippen LogP contribution in [0.3, 0.4) is 0 Å². The highest BCUT2D eigenvalue weighted by Crippen LogP contribution is 1.95. The van der Waals surface area contributed by atoms with E-state index < -0.39 is 0 Å². The largest absolute Gasteiger partial charge is 0.355 e. The zero-order valence-electron chi connectivity index (χ0n) is 7.23. The van der Waals surface area contributed by atoms with E-state index in [-0.39, 0.29) is 11.7 Å². The predicted molar refractivity (Wildman–Crippen MR) is 54.8 cm³/mol. The lowest BCUT2D eigenvalue weighted by molar-refractivity contribution is -0.118. The third-order valence-electron chi connectivity index (χ3n) is 1.63. The summed E-state index contributed by atoms with van der Waals surface area (Å²) >= 11 is 3.85. The molecule has 0 aliphatic heterocycles. The van der Waals surface area contributed by atoms with Gasteiger partial charge in [0.25, 0.3) is 0 Å². The molecule has 0 aliphatic rings. The number of thiol groups is 1. The molecule has 0 spiro atoms. The lowest BCUT2D eigenvalue weighted by Crippen LogP contribution is -2.26. The molecule has 0 aliphatic carbocycles. The van der Waals surface area contributed by atoms with E-state index in [9.17, 15) is 4.79 Å². The number of rotatable bonds is 4. The molecule has 1 rings (SSSR count). The van der Waals surface area contributed by atoms with E-state index in [1.165, 1.54) is 5.56 Å². The highest BCUT2D eigenvalue weighted by molar-refractivity contribution is 7.81. The number of nitrogens with zero attached hydrogens (tertiary/aromatic N) is 1. The maximum Gasteiger partial charge on any atom is 0.229 e. The number of nitrogens with one attached hydrogen (secondary N) is 1. The monoisotopic (exact) mass is 196 g/mol. The van der Waals surface area contributed by atoms with Gasteiger partial charge in [0, 0.05) is 18.9 Å². The van der Waals surface area contributed by atoms with Gasteiger partial charge in [0.1, 0.15) is 0 Å². The van der Waals surface area contributed by atoms with Crippen LogP contribution in [0.5, 0.6) is 0 Å². The van der Waals surface area contributed by atoms with E-state index in [0.29, 0.717) is 6.54 Å². The van der Waals surface area contributed by atoms with Gasteiger partial charge in [0.15, 0.2) is 0 Å². The molecule has 3 nitrogen and oxygen atoms in total. The molecule has 1 amide bonds. The fourth-order valence-electron chi connectivity index (χ4n) is 0.952. The van der Waals surface area contributed by atoms with Crippen molar-refractivity contribution in [3.63, 3.8) is 0 Å². The van der Waals surface area contributed by atoms with E-state index in [1.807, 2.05) is 12.1 Å². The summed E-state index contributed by atoms with van der Waals surface area (Å²) in [6.45, 7) is 0.656. The minimum absolute atomic E-state index is 0.0302. The number of amides is 1. The molecular formula is C9H12N2OS. The topological polar surface area (TPSA) is 42.0 Å². The van der Waals surface area contributed by atoms with Crippen molar-refractivity contribution in [2.75, 3.05) is 12.3 Å². The van der Waals surface area contributed by atoms with Gasteiger partial charge in [-0.15, -0.1) is 0 Å². The van der Waals surface area contributed by atoms with Gasteiger partial charge >= 0.3 is 0 Å². The molecule has 0 aromatic carbocycles. The van der Waals surface area contributed by atoms with Crippen LogP contribution in [0.4, 0.5) is 0 Å². The van der Waals surface area contributed by atoms with Gasteiger partial charge < -0.3 is 5.32 Å². The smallest absolute Gasteiger partial charge is 0.229 e. The SMILES string of the molecule is O=C(CS)NCCc1ccncc1. The van der Waals surface area contributed by atoms with Crippen molar-refractivity contribution in [2.24, 2.45) is 0 Å². The van der Waals surface area contributed by atoms with Crippen molar-refractivity contribution < 1.29 is 4.79 Å². The summed E-state index contributed by atoms with van der Waals surface area (Å²) in [4.78, 5) is 14.7. The quantitative estimate of drug-likeness (QED) is 0.695. The number of hydrogen-bond donors (Lipinski definition) is 2. The molecule has 0 radical (unpaired) electrons. The lowest BCUT2D eigenvalue weighted by atomic mass is 10.2. The normalized spacial score (nSPS) is 9.62. The van der Waals surface area contributed by atoms with Crippen LogP contribution >= 0.6 is 12.6 Å². The van der Waals surface area contributed by atoms with E-state index in [0.717, 1.165) is 6.42 Å². The van der Waals surface area contributed by atoms with Gasteiger partial charge in [0.2, 0.25) is 5.91 Å². The van der Waals surface area contributed by atoms with Crippen molar-refractivity contribution in [1.82, 2.24) is 10.3 Å². The molecule has 0 saturated carbocycles. The Balaban J connectivity index is 2.24. The molecule has 0 unspecified atom stereocenters. The van der Waals surface area contributed by atoms with Crippen molar-refractivity contribution in [3.8, 4) is 0 Å². The fourth-order valence-corrected chi connectivity index (χ4v) is 1.06. The molecule has 0 bridgehead atoms. The van der Waals surface area contributed by atoms with Crippen LogP contribution in [-0.4, -0.2) is 23.2 Å². The van der Waals surface area contributed by atoms with Crippen LogP contribution in [0.15, 0.2) is 24.5 Å². The molecule has 0 fully saturated rings. The lowest BCUT2D eigenvalue weighted by Gasteiger charge is -2.02. The van der Waals surface area contributed by atoms with Gasteiger partial charge in [-0.1, -0.05) is 0 Å². The molecule has 1 N–H and O–H groups in total. The van der Waals surface area contributed by atoms with Crippen molar-refractivity contribution >= 4 is 18.5 Å². The predicted octanol–water partition coefficient (Wildman–Crippen LogP) is 0.670. The van der Waals surface area contributed by atoms with Gasteiger partial charge in [-0.05, 0) is 24.1 Å². The summed E-state index contributed by atoms with van der Waals surface area (Å²) in [5, 5.41) is 2.75. The van der Waals surface area contributed by atoms with Gasteiger partial charge in [-0.25, -0.2) is 0 Å². The number of aromatic nitrogens is 1. The molecule has 4 heteroatoms. The van der Waals surface area contributed by atoms with Crippen molar-refractivity contribution in [3.05, 3.63) is 30.1 Å². The van der Waals surface area contributed by atoms with Crippen LogP contribution in [-0.2, 0) is 11.2 Å². The molecular weight excluding hydrogens is 184 g/mol. The van der Waals surface area contributed by atoms with Crippen molar-refractivity contribution in [1.29, 1.82) is 0 Å². The number of carbonyl (C=O) groups is 1. The Morgan fingerprint density at radius 1 is 1.46 bits per heavy atom. The second-order valence-corrected chi connectivity index (χ2v) is 2.93. The first kappa shape index (κ1) is 10.1. The van der Waals surface area contributed by atoms with Crippen LogP contribution in [0.1, 0.15) is 5.56 Å². The zero-order valence-corrected chi connectivity index (χ0v) is 8.13. The van der Waals surface area contributed by atoms with Crippen LogP contribution in [0.25, 0.3) is 0 Å². The first-order chi connectivity index (χ1) is 6.33. The third kappa shape index (κ3) is 3.94. The minimum Gasteiger partial charge on any atom is -0.355 e. The number of carbonyl (C=O) groups excluding carboxylic acids is 1. The fraction of sp³-hybridized carbons (Fsp3) is 0.333. The Morgan fingerprint density at radius 3 is 2.77 bits per heavy atom. The van der Waals surface area contributed by atoms with Gasteiger partial charge in [-0.3, -0.25) is 9.78 Å². The average Bonchev–Trinajstić information content (AvgIpc) is 2.19. The summed E-state index contributed by atoms with van der Waals surface area (Å²) in [6.07, 6.45) is 4.33. The molecule has 1 aromatic rings. The Morgan fingerprint density at radius 2 is 2.15 bits per heavy atom. The third-order valence-corrected chi connectivity index (χ3v) is 1.92. The molecule has 0 saturated heterocycles. The van der Waals surface area contributed by atoms with Gasteiger partial charge in [0.05, 0.1) is 5.75 Å². The van der Waals surface area contributed by atoms with E-state index in [4.69, 9.17) is 0 Å².